The molecule has 2 rings (SSSR count). The summed E-state index contributed by atoms with van der Waals surface area (Å²) in [6.45, 7) is 7.52. The Bertz CT molecular complexity index is 556. The first-order chi connectivity index (χ1) is 10.5. The summed E-state index contributed by atoms with van der Waals surface area (Å²) in [5.74, 6) is 0.392. The highest BCUT2D eigenvalue weighted by Gasteiger charge is 2.27. The summed E-state index contributed by atoms with van der Waals surface area (Å²) in [6.07, 6.45) is 2.51. The Morgan fingerprint density at radius 2 is 2.05 bits per heavy atom. The van der Waals surface area contributed by atoms with E-state index in [2.05, 4.69) is 24.8 Å². The quantitative estimate of drug-likeness (QED) is 0.840. The highest BCUT2D eigenvalue weighted by atomic mass is 16.2. The van der Waals surface area contributed by atoms with E-state index < -0.39 is 0 Å². The number of likely N-dealkylation sites (tertiary alicyclic amines) is 1. The molecule has 1 aliphatic rings. The molecular formula is C18H25N3O. The molecule has 1 aromatic carbocycles. The lowest BCUT2D eigenvalue weighted by Gasteiger charge is -2.34. The summed E-state index contributed by atoms with van der Waals surface area (Å²) in [4.78, 5) is 17.0. The van der Waals surface area contributed by atoms with Crippen molar-refractivity contribution < 1.29 is 4.79 Å². The molecule has 22 heavy (non-hydrogen) atoms. The van der Waals surface area contributed by atoms with Crippen molar-refractivity contribution in [1.82, 2.24) is 9.80 Å². The van der Waals surface area contributed by atoms with Crippen LogP contribution in [0.3, 0.4) is 0 Å². The van der Waals surface area contributed by atoms with Crippen LogP contribution in [0.15, 0.2) is 24.3 Å². The number of nitrogens with zero attached hydrogens (tertiary/aromatic N) is 3. The molecule has 118 valence electrons. The molecule has 1 atom stereocenters. The lowest BCUT2D eigenvalue weighted by atomic mass is 10.0. The maximum Gasteiger partial charge on any atom is 0.253 e. The summed E-state index contributed by atoms with van der Waals surface area (Å²) in [5, 5.41) is 8.99. The lowest BCUT2D eigenvalue weighted by molar-refractivity contribution is 0.0641. The number of rotatable bonds is 5. The molecule has 0 bridgehead atoms. The number of hydrogen-bond donors (Lipinski definition) is 0. The molecule has 1 aromatic rings. The van der Waals surface area contributed by atoms with Gasteiger partial charge in [-0.1, -0.05) is 19.9 Å². The summed E-state index contributed by atoms with van der Waals surface area (Å²) in [5.41, 5.74) is 1.12. The Hall–Kier alpha value is -1.86. The Kier molecular flexibility index (Phi) is 5.57. The molecule has 0 aliphatic carbocycles. The van der Waals surface area contributed by atoms with Crippen LogP contribution < -0.4 is 0 Å². The van der Waals surface area contributed by atoms with Gasteiger partial charge in [-0.05, 0) is 50.0 Å². The van der Waals surface area contributed by atoms with Crippen molar-refractivity contribution in [2.45, 2.75) is 32.7 Å². The molecule has 1 aliphatic heterocycles. The van der Waals surface area contributed by atoms with Crippen molar-refractivity contribution in [2.24, 2.45) is 5.92 Å². The van der Waals surface area contributed by atoms with Gasteiger partial charge in [-0.25, -0.2) is 0 Å². The lowest BCUT2D eigenvalue weighted by Crippen LogP contribution is -2.47. The van der Waals surface area contributed by atoms with Crippen LogP contribution in [0, 0.1) is 17.2 Å². The topological polar surface area (TPSA) is 47.3 Å². The molecule has 1 amide bonds. The van der Waals surface area contributed by atoms with Gasteiger partial charge in [0.05, 0.1) is 11.6 Å². The summed E-state index contributed by atoms with van der Waals surface area (Å²) < 4.78 is 0. The molecule has 0 spiro atoms. The van der Waals surface area contributed by atoms with E-state index in [9.17, 15) is 4.79 Å². The summed E-state index contributed by atoms with van der Waals surface area (Å²) >= 11 is 0. The molecule has 0 radical (unpaired) electrons. The largest absolute Gasteiger partial charge is 0.337 e. The van der Waals surface area contributed by atoms with E-state index in [-0.39, 0.29) is 11.9 Å². The molecular weight excluding hydrogens is 274 g/mol. The predicted octanol–water partition coefficient (Wildman–Crippen LogP) is 2.75. The fraction of sp³-hybridized carbons (Fsp3) is 0.556. The van der Waals surface area contributed by atoms with Crippen LogP contribution in [0.4, 0.5) is 0 Å². The van der Waals surface area contributed by atoms with Crippen LogP contribution >= 0.6 is 0 Å². The normalized spacial score (nSPS) is 16.5. The van der Waals surface area contributed by atoms with E-state index in [0.29, 0.717) is 17.0 Å². The van der Waals surface area contributed by atoms with Gasteiger partial charge >= 0.3 is 0 Å². The molecule has 4 nitrogen and oxygen atoms in total. The van der Waals surface area contributed by atoms with Gasteiger partial charge < -0.3 is 9.80 Å². The van der Waals surface area contributed by atoms with Crippen LogP contribution in [-0.4, -0.2) is 48.4 Å². The Balaban J connectivity index is 2.12. The average Bonchev–Trinajstić information content (AvgIpc) is 3.04. The van der Waals surface area contributed by atoms with Gasteiger partial charge in [0.2, 0.25) is 0 Å². The standard InChI is InChI=1S/C18H25N3O/c1-14(2)17(13-21-9-4-5-10-21)20(3)18(22)16-8-6-7-15(11-16)12-19/h6-8,11,14,17H,4-5,9-10,13H2,1-3H3/t17-/m0/s1. The smallest absolute Gasteiger partial charge is 0.253 e. The molecule has 1 saturated heterocycles. The third kappa shape index (κ3) is 3.86. The number of nitriles is 1. The fourth-order valence-electron chi connectivity index (χ4n) is 3.09. The van der Waals surface area contributed by atoms with Crippen molar-refractivity contribution in [3.05, 3.63) is 35.4 Å². The maximum atomic E-state index is 12.7. The molecule has 0 saturated carbocycles. The number of hydrogen-bond acceptors (Lipinski definition) is 3. The van der Waals surface area contributed by atoms with E-state index in [4.69, 9.17) is 5.26 Å². The zero-order valence-electron chi connectivity index (χ0n) is 13.7. The van der Waals surface area contributed by atoms with Crippen molar-refractivity contribution in [3.8, 4) is 6.07 Å². The summed E-state index contributed by atoms with van der Waals surface area (Å²) in [7, 11) is 1.88. The first-order valence-electron chi connectivity index (χ1n) is 8.02. The second-order valence-corrected chi connectivity index (χ2v) is 6.43. The summed E-state index contributed by atoms with van der Waals surface area (Å²) in [6, 6.07) is 9.23. The fourth-order valence-corrected chi connectivity index (χ4v) is 3.09. The van der Waals surface area contributed by atoms with E-state index in [1.54, 1.807) is 24.3 Å². The molecule has 1 heterocycles. The van der Waals surface area contributed by atoms with Crippen LogP contribution in [0.25, 0.3) is 0 Å². The second kappa shape index (κ2) is 7.42. The van der Waals surface area contributed by atoms with Crippen LogP contribution in [0.5, 0.6) is 0 Å². The third-order valence-corrected chi connectivity index (χ3v) is 4.47. The average molecular weight is 299 g/mol. The van der Waals surface area contributed by atoms with Gasteiger partial charge in [-0.15, -0.1) is 0 Å². The minimum atomic E-state index is -0.00463. The van der Waals surface area contributed by atoms with Gasteiger partial charge in [-0.2, -0.15) is 5.26 Å². The minimum absolute atomic E-state index is 0.00463. The SMILES string of the molecule is CC(C)[C@H](CN1CCCC1)N(C)C(=O)c1cccc(C#N)c1. The van der Waals surface area contributed by atoms with Gasteiger partial charge in [0, 0.05) is 25.2 Å². The monoisotopic (exact) mass is 299 g/mol. The molecule has 0 aromatic heterocycles. The van der Waals surface area contributed by atoms with Gasteiger partial charge in [0.1, 0.15) is 0 Å². The number of carbonyl (C=O) groups excluding carboxylic acids is 1. The maximum absolute atomic E-state index is 12.7. The van der Waals surface area contributed by atoms with E-state index >= 15 is 0 Å². The van der Waals surface area contributed by atoms with Gasteiger partial charge in [0.15, 0.2) is 0 Å². The van der Waals surface area contributed by atoms with Gasteiger partial charge in [0.25, 0.3) is 5.91 Å². The van der Waals surface area contributed by atoms with Crippen LogP contribution in [-0.2, 0) is 0 Å². The minimum Gasteiger partial charge on any atom is -0.337 e. The van der Waals surface area contributed by atoms with Crippen molar-refractivity contribution in [3.63, 3.8) is 0 Å². The van der Waals surface area contributed by atoms with E-state index in [1.165, 1.54) is 12.8 Å². The Labute approximate surface area is 133 Å². The molecule has 4 heteroatoms. The molecule has 0 N–H and O–H groups in total. The number of likely N-dealkylation sites (N-methyl/N-ethyl adjacent to an activating group) is 1. The third-order valence-electron chi connectivity index (χ3n) is 4.47. The Morgan fingerprint density at radius 3 is 2.64 bits per heavy atom. The second-order valence-electron chi connectivity index (χ2n) is 6.43. The van der Waals surface area contributed by atoms with Gasteiger partial charge in [-0.3, -0.25) is 4.79 Å². The zero-order chi connectivity index (χ0) is 16.1. The molecule has 0 unspecified atom stereocenters. The first-order valence-corrected chi connectivity index (χ1v) is 8.02. The number of amides is 1. The van der Waals surface area contributed by atoms with Crippen molar-refractivity contribution >= 4 is 5.91 Å². The Morgan fingerprint density at radius 1 is 1.36 bits per heavy atom. The highest BCUT2D eigenvalue weighted by molar-refractivity contribution is 5.94. The van der Waals surface area contributed by atoms with Crippen LogP contribution in [0.1, 0.15) is 42.6 Å². The molecule has 1 fully saturated rings. The van der Waals surface area contributed by atoms with E-state index in [1.807, 2.05) is 11.9 Å². The van der Waals surface area contributed by atoms with Crippen LogP contribution in [0.2, 0.25) is 0 Å². The number of carbonyl (C=O) groups is 1. The number of benzene rings is 1. The van der Waals surface area contributed by atoms with Crippen molar-refractivity contribution in [1.29, 1.82) is 5.26 Å². The predicted molar refractivity (Wildman–Crippen MR) is 87.6 cm³/mol. The van der Waals surface area contributed by atoms with E-state index in [0.717, 1.165) is 19.6 Å². The first kappa shape index (κ1) is 16.5. The highest BCUT2D eigenvalue weighted by Crippen LogP contribution is 2.18. The zero-order valence-corrected chi connectivity index (χ0v) is 13.7. The van der Waals surface area contributed by atoms with Crippen molar-refractivity contribution in [2.75, 3.05) is 26.7 Å².